The number of carbonyl (C=O) groups is 1. The number of fused-ring (bicyclic) bond motifs is 1. The van der Waals surface area contributed by atoms with Crippen molar-refractivity contribution in [3.63, 3.8) is 0 Å². The number of thiophene rings is 1. The van der Waals surface area contributed by atoms with Gasteiger partial charge >= 0.3 is 0 Å². The van der Waals surface area contributed by atoms with Gasteiger partial charge in [0.05, 0.1) is 19.1 Å². The highest BCUT2D eigenvalue weighted by molar-refractivity contribution is 7.20. The van der Waals surface area contributed by atoms with E-state index in [-0.39, 0.29) is 5.78 Å². The van der Waals surface area contributed by atoms with Crippen molar-refractivity contribution in [3.8, 4) is 11.8 Å². The van der Waals surface area contributed by atoms with Gasteiger partial charge in [0, 0.05) is 6.42 Å². The van der Waals surface area contributed by atoms with Gasteiger partial charge in [-0.1, -0.05) is 6.92 Å². The van der Waals surface area contributed by atoms with Gasteiger partial charge in [0.1, 0.15) is 10.3 Å². The third-order valence-corrected chi connectivity index (χ3v) is 3.50. The predicted molar refractivity (Wildman–Crippen MR) is 69.8 cm³/mol. The Morgan fingerprint density at radius 3 is 2.56 bits per heavy atom. The van der Waals surface area contributed by atoms with Gasteiger partial charge in [-0.05, 0) is 12.5 Å². The van der Waals surface area contributed by atoms with E-state index in [0.29, 0.717) is 33.4 Å². The zero-order chi connectivity index (χ0) is 13.1. The fourth-order valence-corrected chi connectivity index (χ4v) is 2.52. The number of methoxy groups -OCH3 is 2. The first-order valence-electron chi connectivity index (χ1n) is 5.62. The molecule has 0 saturated heterocycles. The largest absolute Gasteiger partial charge is 0.477 e. The van der Waals surface area contributed by atoms with Crippen molar-refractivity contribution >= 4 is 27.5 Å². The number of ketones is 1. The second kappa shape index (κ2) is 5.30. The molecule has 2 aromatic rings. The summed E-state index contributed by atoms with van der Waals surface area (Å²) in [4.78, 5) is 21.7. The second-order valence-corrected chi connectivity index (χ2v) is 4.75. The summed E-state index contributed by atoms with van der Waals surface area (Å²) in [5.74, 6) is 0.791. The molecule has 0 aromatic carbocycles. The third kappa shape index (κ3) is 2.28. The lowest BCUT2D eigenvalue weighted by Gasteiger charge is -2.03. The summed E-state index contributed by atoms with van der Waals surface area (Å²) in [6, 6.07) is 1.76. The van der Waals surface area contributed by atoms with Crippen LogP contribution in [-0.4, -0.2) is 30.0 Å². The van der Waals surface area contributed by atoms with E-state index < -0.39 is 0 Å². The first-order chi connectivity index (χ1) is 8.69. The number of aromatic nitrogens is 2. The topological polar surface area (TPSA) is 61.3 Å². The summed E-state index contributed by atoms with van der Waals surface area (Å²) in [5.41, 5.74) is 0.664. The molecule has 0 aliphatic carbocycles. The molecule has 2 aromatic heterocycles. The van der Waals surface area contributed by atoms with Crippen LogP contribution < -0.4 is 9.47 Å². The highest BCUT2D eigenvalue weighted by atomic mass is 32.1. The van der Waals surface area contributed by atoms with Crippen LogP contribution in [0.1, 0.15) is 29.4 Å². The molecule has 18 heavy (non-hydrogen) atoms. The lowest BCUT2D eigenvalue weighted by Crippen LogP contribution is -1.95. The van der Waals surface area contributed by atoms with Gasteiger partial charge in [-0.3, -0.25) is 4.79 Å². The second-order valence-electron chi connectivity index (χ2n) is 3.72. The molecule has 0 radical (unpaired) electrons. The molecule has 96 valence electrons. The maximum absolute atomic E-state index is 11.8. The number of rotatable bonds is 5. The summed E-state index contributed by atoms with van der Waals surface area (Å²) in [5, 5.41) is 0. The van der Waals surface area contributed by atoms with Gasteiger partial charge < -0.3 is 9.47 Å². The lowest BCUT2D eigenvalue weighted by molar-refractivity contribution is 0.0985. The van der Waals surface area contributed by atoms with E-state index in [9.17, 15) is 4.79 Å². The van der Waals surface area contributed by atoms with Crippen LogP contribution >= 0.6 is 11.3 Å². The lowest BCUT2D eigenvalue weighted by atomic mass is 10.2. The normalized spacial score (nSPS) is 10.6. The van der Waals surface area contributed by atoms with Crippen molar-refractivity contribution in [1.29, 1.82) is 0 Å². The SMILES string of the molecule is CCCC(=O)c1cc2nc(OC)c(OC)nc2s1. The molecule has 0 atom stereocenters. The summed E-state index contributed by atoms with van der Waals surface area (Å²) in [6.45, 7) is 1.98. The van der Waals surface area contributed by atoms with E-state index in [2.05, 4.69) is 9.97 Å². The minimum absolute atomic E-state index is 0.125. The van der Waals surface area contributed by atoms with Crippen LogP contribution in [0.5, 0.6) is 11.8 Å². The number of ether oxygens (including phenoxy) is 2. The van der Waals surface area contributed by atoms with Crippen LogP contribution in [0.4, 0.5) is 0 Å². The minimum Gasteiger partial charge on any atom is -0.477 e. The average Bonchev–Trinajstić information content (AvgIpc) is 2.80. The Hall–Kier alpha value is -1.69. The predicted octanol–water partition coefficient (Wildman–Crippen LogP) is 2.69. The summed E-state index contributed by atoms with van der Waals surface area (Å²) in [6.07, 6.45) is 1.38. The van der Waals surface area contributed by atoms with Gasteiger partial charge in [-0.15, -0.1) is 11.3 Å². The van der Waals surface area contributed by atoms with E-state index in [0.717, 1.165) is 6.42 Å². The molecular weight excluding hydrogens is 252 g/mol. The molecule has 0 aliphatic rings. The third-order valence-electron chi connectivity index (χ3n) is 2.44. The number of hydrogen-bond donors (Lipinski definition) is 0. The molecule has 2 rings (SSSR count). The zero-order valence-electron chi connectivity index (χ0n) is 10.5. The van der Waals surface area contributed by atoms with Crippen LogP contribution in [0, 0.1) is 0 Å². The van der Waals surface area contributed by atoms with E-state index in [4.69, 9.17) is 9.47 Å². The zero-order valence-corrected chi connectivity index (χ0v) is 11.3. The Bertz CT molecular complexity index is 539. The summed E-state index contributed by atoms with van der Waals surface area (Å²) >= 11 is 1.34. The molecule has 0 unspecified atom stereocenters. The highest BCUT2D eigenvalue weighted by Crippen LogP contribution is 2.30. The smallest absolute Gasteiger partial charge is 0.279 e. The van der Waals surface area contributed by atoms with Crippen LogP contribution in [0.2, 0.25) is 0 Å². The van der Waals surface area contributed by atoms with E-state index in [1.54, 1.807) is 6.07 Å². The van der Waals surface area contributed by atoms with Crippen molar-refractivity contribution in [2.24, 2.45) is 0 Å². The molecule has 6 heteroatoms. The van der Waals surface area contributed by atoms with E-state index in [1.165, 1.54) is 25.6 Å². The first kappa shape index (κ1) is 12.8. The molecule has 2 heterocycles. The Kier molecular flexibility index (Phi) is 3.76. The number of carbonyl (C=O) groups excluding carboxylic acids is 1. The van der Waals surface area contributed by atoms with Crippen LogP contribution in [0.3, 0.4) is 0 Å². The van der Waals surface area contributed by atoms with Crippen LogP contribution in [-0.2, 0) is 0 Å². The van der Waals surface area contributed by atoms with Crippen LogP contribution in [0.15, 0.2) is 6.07 Å². The summed E-state index contributed by atoms with van der Waals surface area (Å²) in [7, 11) is 3.02. The Morgan fingerprint density at radius 1 is 1.28 bits per heavy atom. The molecule has 0 bridgehead atoms. The maximum atomic E-state index is 11.8. The summed E-state index contributed by atoms with van der Waals surface area (Å²) < 4.78 is 10.2. The molecule has 0 amide bonds. The first-order valence-corrected chi connectivity index (χ1v) is 6.44. The molecule has 0 saturated carbocycles. The Balaban J connectivity index is 2.47. The maximum Gasteiger partial charge on any atom is 0.279 e. The van der Waals surface area contributed by atoms with Crippen LogP contribution in [0.25, 0.3) is 10.3 Å². The van der Waals surface area contributed by atoms with Gasteiger partial charge in [0.2, 0.25) is 0 Å². The number of nitrogens with zero attached hydrogens (tertiary/aromatic N) is 2. The molecular formula is C12H14N2O3S. The number of hydrogen-bond acceptors (Lipinski definition) is 6. The van der Waals surface area contributed by atoms with Gasteiger partial charge in [-0.2, -0.15) is 4.98 Å². The van der Waals surface area contributed by atoms with Crippen molar-refractivity contribution in [3.05, 3.63) is 10.9 Å². The molecule has 0 aliphatic heterocycles. The minimum atomic E-state index is 0.125. The average molecular weight is 266 g/mol. The molecule has 0 spiro atoms. The van der Waals surface area contributed by atoms with E-state index >= 15 is 0 Å². The molecule has 0 fully saturated rings. The Labute approximate surface area is 109 Å². The van der Waals surface area contributed by atoms with Gasteiger partial charge in [0.25, 0.3) is 11.8 Å². The Morgan fingerprint density at radius 2 is 1.94 bits per heavy atom. The van der Waals surface area contributed by atoms with Gasteiger partial charge in [-0.25, -0.2) is 4.98 Å². The van der Waals surface area contributed by atoms with Crippen molar-refractivity contribution in [2.75, 3.05) is 14.2 Å². The quantitative estimate of drug-likeness (QED) is 0.779. The number of Topliss-reactive ketones (excluding diaryl/α,β-unsaturated/α-hetero) is 1. The fourth-order valence-electron chi connectivity index (χ4n) is 1.58. The van der Waals surface area contributed by atoms with E-state index in [1.807, 2.05) is 6.92 Å². The molecule has 0 N–H and O–H groups in total. The standard InChI is InChI=1S/C12H14N2O3S/c1-4-5-8(15)9-6-7-12(18-9)14-11(17-3)10(13-7)16-2/h6H,4-5H2,1-3H3. The molecule has 5 nitrogen and oxygen atoms in total. The fraction of sp³-hybridized carbons (Fsp3) is 0.417. The van der Waals surface area contributed by atoms with Crippen molar-refractivity contribution in [1.82, 2.24) is 9.97 Å². The monoisotopic (exact) mass is 266 g/mol. The van der Waals surface area contributed by atoms with Crippen molar-refractivity contribution in [2.45, 2.75) is 19.8 Å². The highest BCUT2D eigenvalue weighted by Gasteiger charge is 2.15. The van der Waals surface area contributed by atoms with Gasteiger partial charge in [0.15, 0.2) is 5.78 Å². The van der Waals surface area contributed by atoms with Crippen molar-refractivity contribution < 1.29 is 14.3 Å².